The summed E-state index contributed by atoms with van der Waals surface area (Å²) in [6.45, 7) is 2.96. The van der Waals surface area contributed by atoms with Gasteiger partial charge in [-0.3, -0.25) is 4.98 Å². The van der Waals surface area contributed by atoms with Gasteiger partial charge in [-0.1, -0.05) is 6.92 Å². The molecule has 16 heavy (non-hydrogen) atoms. The minimum absolute atomic E-state index is 0.547. The Morgan fingerprint density at radius 1 is 1.44 bits per heavy atom. The molecule has 0 aromatic carbocycles. The Balaban J connectivity index is 2.35. The van der Waals surface area contributed by atoms with Crippen LogP contribution in [0.1, 0.15) is 18.9 Å². The number of hydrogen-bond donors (Lipinski definition) is 0. The molecule has 0 amide bonds. The van der Waals surface area contributed by atoms with E-state index in [2.05, 4.69) is 22.1 Å². The maximum atomic E-state index is 8.67. The molecule has 5 heteroatoms. The minimum atomic E-state index is 0.547. The fourth-order valence-electron chi connectivity index (χ4n) is 1.45. The maximum Gasteiger partial charge on any atom is 0.182 e. The topological polar surface area (TPSA) is 67.4 Å². The predicted octanol–water partition coefficient (Wildman–Crippen LogP) is 1.62. The van der Waals surface area contributed by atoms with Gasteiger partial charge in [0.15, 0.2) is 5.82 Å². The number of hydrogen-bond acceptors (Lipinski definition) is 4. The van der Waals surface area contributed by atoms with Gasteiger partial charge in [0.05, 0.1) is 5.56 Å². The third-order valence-corrected chi connectivity index (χ3v) is 2.20. The van der Waals surface area contributed by atoms with Gasteiger partial charge in [0, 0.05) is 12.7 Å². The van der Waals surface area contributed by atoms with Crippen molar-refractivity contribution in [1.29, 1.82) is 5.26 Å². The lowest BCUT2D eigenvalue weighted by Gasteiger charge is -2.03. The zero-order valence-corrected chi connectivity index (χ0v) is 8.96. The number of aromatic nitrogens is 4. The molecule has 2 heterocycles. The average Bonchev–Trinajstić information content (AvgIpc) is 2.78. The molecule has 0 saturated heterocycles. The second-order valence-electron chi connectivity index (χ2n) is 3.39. The van der Waals surface area contributed by atoms with Crippen LogP contribution in [0.2, 0.25) is 0 Å². The SMILES string of the molecule is CCCn1cnnc1-c1ccc(C#N)cn1. The third-order valence-electron chi connectivity index (χ3n) is 2.20. The Labute approximate surface area is 93.4 Å². The van der Waals surface area contributed by atoms with E-state index in [0.717, 1.165) is 24.5 Å². The quantitative estimate of drug-likeness (QED) is 0.777. The van der Waals surface area contributed by atoms with Gasteiger partial charge in [-0.05, 0) is 18.6 Å². The van der Waals surface area contributed by atoms with E-state index in [1.54, 1.807) is 24.7 Å². The van der Waals surface area contributed by atoms with Crippen molar-refractivity contribution in [2.45, 2.75) is 19.9 Å². The first-order valence-electron chi connectivity index (χ1n) is 5.09. The summed E-state index contributed by atoms with van der Waals surface area (Å²) in [6.07, 6.45) is 4.25. The first-order chi connectivity index (χ1) is 7.85. The van der Waals surface area contributed by atoms with E-state index in [-0.39, 0.29) is 0 Å². The van der Waals surface area contributed by atoms with Crippen molar-refractivity contribution in [3.05, 3.63) is 30.2 Å². The maximum absolute atomic E-state index is 8.67. The van der Waals surface area contributed by atoms with E-state index in [0.29, 0.717) is 5.56 Å². The third kappa shape index (κ3) is 1.91. The van der Waals surface area contributed by atoms with Crippen LogP contribution in [0.15, 0.2) is 24.7 Å². The van der Waals surface area contributed by atoms with Crippen molar-refractivity contribution in [3.8, 4) is 17.6 Å². The Kier molecular flexibility index (Phi) is 2.92. The van der Waals surface area contributed by atoms with E-state index < -0.39 is 0 Å². The monoisotopic (exact) mass is 213 g/mol. The highest BCUT2D eigenvalue weighted by molar-refractivity contribution is 5.50. The van der Waals surface area contributed by atoms with E-state index in [1.165, 1.54) is 0 Å². The van der Waals surface area contributed by atoms with Crippen LogP contribution in [0.25, 0.3) is 11.5 Å². The van der Waals surface area contributed by atoms with Crippen molar-refractivity contribution >= 4 is 0 Å². The van der Waals surface area contributed by atoms with E-state index in [1.807, 2.05) is 10.6 Å². The molecule has 0 aliphatic heterocycles. The van der Waals surface area contributed by atoms with Crippen LogP contribution in [0, 0.1) is 11.3 Å². The van der Waals surface area contributed by atoms with E-state index in [4.69, 9.17) is 5.26 Å². The molecule has 80 valence electrons. The van der Waals surface area contributed by atoms with Gasteiger partial charge >= 0.3 is 0 Å². The highest BCUT2D eigenvalue weighted by Crippen LogP contribution is 2.14. The van der Waals surface area contributed by atoms with Crippen molar-refractivity contribution in [2.75, 3.05) is 0 Å². The summed E-state index contributed by atoms with van der Waals surface area (Å²) in [4.78, 5) is 4.19. The van der Waals surface area contributed by atoms with Gasteiger partial charge in [0.2, 0.25) is 0 Å². The number of pyridine rings is 1. The van der Waals surface area contributed by atoms with Crippen molar-refractivity contribution in [3.63, 3.8) is 0 Å². The zero-order valence-electron chi connectivity index (χ0n) is 8.96. The average molecular weight is 213 g/mol. The second-order valence-corrected chi connectivity index (χ2v) is 3.39. The Hall–Kier alpha value is -2.22. The molecule has 0 saturated carbocycles. The molecule has 0 radical (unpaired) electrons. The molecule has 2 rings (SSSR count). The molecule has 2 aromatic rings. The molecule has 0 spiro atoms. The molecule has 5 nitrogen and oxygen atoms in total. The molecule has 2 aromatic heterocycles. The predicted molar refractivity (Wildman–Crippen MR) is 58.3 cm³/mol. The summed E-state index contributed by atoms with van der Waals surface area (Å²) in [7, 11) is 0. The van der Waals surface area contributed by atoms with Crippen LogP contribution >= 0.6 is 0 Å². The number of nitrogens with zero attached hydrogens (tertiary/aromatic N) is 5. The minimum Gasteiger partial charge on any atom is -0.312 e. The standard InChI is InChI=1S/C11H11N5/c1-2-5-16-8-14-15-11(16)10-4-3-9(6-12)7-13-10/h3-4,7-8H,2,5H2,1H3. The van der Waals surface area contributed by atoms with Crippen LogP contribution in [0.3, 0.4) is 0 Å². The molecular weight excluding hydrogens is 202 g/mol. The summed E-state index contributed by atoms with van der Waals surface area (Å²) in [6, 6.07) is 5.55. The molecule has 0 bridgehead atoms. The van der Waals surface area contributed by atoms with Crippen molar-refractivity contribution in [1.82, 2.24) is 19.7 Å². The van der Waals surface area contributed by atoms with Crippen LogP contribution in [0.4, 0.5) is 0 Å². The fourth-order valence-corrected chi connectivity index (χ4v) is 1.45. The lowest BCUT2D eigenvalue weighted by Crippen LogP contribution is -1.99. The zero-order chi connectivity index (χ0) is 11.4. The van der Waals surface area contributed by atoms with Crippen molar-refractivity contribution < 1.29 is 0 Å². The summed E-state index contributed by atoms with van der Waals surface area (Å²) >= 11 is 0. The number of rotatable bonds is 3. The Bertz CT molecular complexity index is 506. The van der Waals surface area contributed by atoms with Crippen LogP contribution in [0.5, 0.6) is 0 Å². The molecule has 0 aliphatic carbocycles. The summed E-state index contributed by atoms with van der Waals surface area (Å²) in [5, 5.41) is 16.6. The van der Waals surface area contributed by atoms with Gasteiger partial charge in [0.25, 0.3) is 0 Å². The highest BCUT2D eigenvalue weighted by atomic mass is 15.3. The van der Waals surface area contributed by atoms with Crippen LogP contribution < -0.4 is 0 Å². The molecule has 0 atom stereocenters. The lowest BCUT2D eigenvalue weighted by atomic mass is 10.2. The van der Waals surface area contributed by atoms with Gasteiger partial charge in [-0.25, -0.2) is 0 Å². The van der Waals surface area contributed by atoms with E-state index in [9.17, 15) is 0 Å². The highest BCUT2D eigenvalue weighted by Gasteiger charge is 2.07. The van der Waals surface area contributed by atoms with Crippen LogP contribution in [-0.4, -0.2) is 19.7 Å². The normalized spacial score (nSPS) is 10.0. The van der Waals surface area contributed by atoms with Gasteiger partial charge in [-0.2, -0.15) is 5.26 Å². The Morgan fingerprint density at radius 3 is 2.94 bits per heavy atom. The summed E-state index contributed by atoms with van der Waals surface area (Å²) in [5.41, 5.74) is 1.29. The molecule has 0 unspecified atom stereocenters. The summed E-state index contributed by atoms with van der Waals surface area (Å²) in [5.74, 6) is 0.742. The van der Waals surface area contributed by atoms with Crippen LogP contribution in [-0.2, 0) is 6.54 Å². The smallest absolute Gasteiger partial charge is 0.182 e. The largest absolute Gasteiger partial charge is 0.312 e. The van der Waals surface area contributed by atoms with Crippen molar-refractivity contribution in [2.24, 2.45) is 0 Å². The van der Waals surface area contributed by atoms with Gasteiger partial charge in [-0.15, -0.1) is 10.2 Å². The number of aryl methyl sites for hydroxylation is 1. The second kappa shape index (κ2) is 4.53. The lowest BCUT2D eigenvalue weighted by molar-refractivity contribution is 0.681. The van der Waals surface area contributed by atoms with Gasteiger partial charge < -0.3 is 4.57 Å². The summed E-state index contributed by atoms with van der Waals surface area (Å²) < 4.78 is 1.95. The molecular formula is C11H11N5. The van der Waals surface area contributed by atoms with E-state index >= 15 is 0 Å². The first-order valence-corrected chi connectivity index (χ1v) is 5.09. The molecule has 0 fully saturated rings. The molecule has 0 N–H and O–H groups in total. The number of nitriles is 1. The fraction of sp³-hybridized carbons (Fsp3) is 0.273. The van der Waals surface area contributed by atoms with Gasteiger partial charge in [0.1, 0.15) is 18.1 Å². The molecule has 0 aliphatic rings. The first kappa shape index (κ1) is 10.3. The Morgan fingerprint density at radius 2 is 2.31 bits per heavy atom.